The summed E-state index contributed by atoms with van der Waals surface area (Å²) in [6.45, 7) is 0. The van der Waals surface area contributed by atoms with Gasteiger partial charge in [0.2, 0.25) is 0 Å². The lowest BCUT2D eigenvalue weighted by Crippen LogP contribution is -2.15. The summed E-state index contributed by atoms with van der Waals surface area (Å²) in [4.78, 5) is 13.0. The molecule has 0 spiro atoms. The van der Waals surface area contributed by atoms with Crippen LogP contribution in [0, 0.1) is 11.3 Å². The third kappa shape index (κ3) is 2.44. The van der Waals surface area contributed by atoms with E-state index in [4.69, 9.17) is 16.9 Å². The Hall–Kier alpha value is -2.51. The molecule has 0 aliphatic rings. The topological polar surface area (TPSA) is 64.3 Å². The van der Waals surface area contributed by atoms with Crippen LogP contribution in [0.5, 0.6) is 0 Å². The molecule has 2 rings (SSSR count). The number of carboxylic acid groups (broad SMARTS) is 1. The van der Waals surface area contributed by atoms with Crippen molar-refractivity contribution >= 4 is 28.9 Å². The predicted octanol–water partition coefficient (Wildman–Crippen LogP) is 3.68. The second-order valence-electron chi connectivity index (χ2n) is 4.13. The molecule has 0 heterocycles. The minimum atomic E-state index is -1.10. The van der Waals surface area contributed by atoms with Crippen molar-refractivity contribution in [3.8, 4) is 6.07 Å². The number of benzene rings is 2. The Morgan fingerprint density at radius 1 is 1.20 bits per heavy atom. The van der Waals surface area contributed by atoms with E-state index in [1.807, 2.05) is 0 Å². The molecule has 0 saturated heterocycles. The summed E-state index contributed by atoms with van der Waals surface area (Å²) in [5, 5.41) is 18.6. The standard InChI is InChI=1S/C15H11ClN2O2/c1-18(12-7-3-2-5-10(12)9-17)13-8-4-6-11(16)14(13)15(19)20/h2-8H,1H3,(H,19,20). The molecule has 0 amide bonds. The maximum Gasteiger partial charge on any atom is 0.339 e. The number of hydrogen-bond acceptors (Lipinski definition) is 3. The molecule has 0 aromatic heterocycles. The van der Waals surface area contributed by atoms with Gasteiger partial charge in [0.25, 0.3) is 0 Å². The van der Waals surface area contributed by atoms with Crippen LogP contribution in [0.1, 0.15) is 15.9 Å². The average molecular weight is 287 g/mol. The van der Waals surface area contributed by atoms with Crippen LogP contribution >= 0.6 is 11.6 Å². The third-order valence-corrected chi connectivity index (χ3v) is 3.27. The number of hydrogen-bond donors (Lipinski definition) is 1. The van der Waals surface area contributed by atoms with Crippen molar-refractivity contribution in [2.45, 2.75) is 0 Å². The van der Waals surface area contributed by atoms with Gasteiger partial charge in [0.15, 0.2) is 0 Å². The van der Waals surface area contributed by atoms with Crippen molar-refractivity contribution in [1.29, 1.82) is 5.26 Å². The highest BCUT2D eigenvalue weighted by molar-refractivity contribution is 6.34. The normalized spacial score (nSPS) is 9.85. The summed E-state index contributed by atoms with van der Waals surface area (Å²) < 4.78 is 0. The van der Waals surface area contributed by atoms with Crippen LogP contribution in [0.2, 0.25) is 5.02 Å². The second-order valence-corrected chi connectivity index (χ2v) is 4.53. The van der Waals surface area contributed by atoms with Crippen molar-refractivity contribution < 1.29 is 9.90 Å². The molecule has 1 N–H and O–H groups in total. The van der Waals surface area contributed by atoms with Gasteiger partial charge in [-0.15, -0.1) is 0 Å². The quantitative estimate of drug-likeness (QED) is 0.935. The van der Waals surface area contributed by atoms with Gasteiger partial charge in [-0.2, -0.15) is 5.26 Å². The molecular formula is C15H11ClN2O2. The SMILES string of the molecule is CN(c1ccccc1C#N)c1cccc(Cl)c1C(=O)O. The van der Waals surface area contributed by atoms with Crippen molar-refractivity contribution in [1.82, 2.24) is 0 Å². The highest BCUT2D eigenvalue weighted by Gasteiger charge is 2.19. The maximum atomic E-state index is 11.4. The van der Waals surface area contributed by atoms with E-state index in [1.165, 1.54) is 6.07 Å². The van der Waals surface area contributed by atoms with Crippen LogP contribution in [0.15, 0.2) is 42.5 Å². The summed E-state index contributed by atoms with van der Waals surface area (Å²) in [7, 11) is 1.70. The minimum absolute atomic E-state index is 0.0180. The molecule has 0 aliphatic heterocycles. The van der Waals surface area contributed by atoms with E-state index in [2.05, 4.69) is 6.07 Å². The van der Waals surface area contributed by atoms with E-state index in [9.17, 15) is 9.90 Å². The zero-order chi connectivity index (χ0) is 14.7. The maximum absolute atomic E-state index is 11.4. The Balaban J connectivity index is 2.60. The van der Waals surface area contributed by atoms with Gasteiger partial charge in [-0.3, -0.25) is 0 Å². The first-order valence-corrected chi connectivity index (χ1v) is 6.18. The fourth-order valence-electron chi connectivity index (χ4n) is 1.99. The fourth-order valence-corrected chi connectivity index (χ4v) is 2.24. The van der Waals surface area contributed by atoms with Crippen molar-refractivity contribution in [3.05, 3.63) is 58.6 Å². The summed E-state index contributed by atoms with van der Waals surface area (Å²) in [6.07, 6.45) is 0. The summed E-state index contributed by atoms with van der Waals surface area (Å²) in [5.41, 5.74) is 1.54. The number of nitriles is 1. The zero-order valence-corrected chi connectivity index (χ0v) is 11.4. The Bertz CT molecular complexity index is 707. The highest BCUT2D eigenvalue weighted by Crippen LogP contribution is 2.32. The van der Waals surface area contributed by atoms with Crippen LogP contribution in [-0.2, 0) is 0 Å². The summed E-state index contributed by atoms with van der Waals surface area (Å²) >= 11 is 5.96. The van der Waals surface area contributed by atoms with Gasteiger partial charge in [0.05, 0.1) is 22.0 Å². The van der Waals surface area contributed by atoms with Crippen molar-refractivity contribution in [2.24, 2.45) is 0 Å². The second kappa shape index (κ2) is 5.64. The molecule has 0 saturated carbocycles. The van der Waals surface area contributed by atoms with Crippen LogP contribution in [0.4, 0.5) is 11.4 Å². The molecule has 20 heavy (non-hydrogen) atoms. The van der Waals surface area contributed by atoms with E-state index >= 15 is 0 Å². The molecule has 0 radical (unpaired) electrons. The van der Waals surface area contributed by atoms with Gasteiger partial charge in [0.1, 0.15) is 11.6 Å². The molecule has 0 atom stereocenters. The van der Waals surface area contributed by atoms with Gasteiger partial charge >= 0.3 is 5.97 Å². The first-order valence-electron chi connectivity index (χ1n) is 5.81. The molecule has 100 valence electrons. The lowest BCUT2D eigenvalue weighted by molar-refractivity contribution is 0.0698. The molecule has 0 fully saturated rings. The average Bonchev–Trinajstić information content (AvgIpc) is 2.45. The van der Waals surface area contributed by atoms with E-state index in [0.29, 0.717) is 16.9 Å². The number of para-hydroxylation sites is 1. The molecule has 0 unspecified atom stereocenters. The number of carboxylic acids is 1. The molecular weight excluding hydrogens is 276 g/mol. The predicted molar refractivity (Wildman–Crippen MR) is 77.6 cm³/mol. The van der Waals surface area contributed by atoms with E-state index in [1.54, 1.807) is 48.3 Å². The largest absolute Gasteiger partial charge is 0.478 e. The zero-order valence-electron chi connectivity index (χ0n) is 10.7. The minimum Gasteiger partial charge on any atom is -0.478 e. The third-order valence-electron chi connectivity index (χ3n) is 2.95. The Morgan fingerprint density at radius 3 is 2.50 bits per heavy atom. The number of halogens is 1. The molecule has 2 aromatic carbocycles. The first kappa shape index (κ1) is 13.9. The van der Waals surface area contributed by atoms with Crippen molar-refractivity contribution in [3.63, 3.8) is 0 Å². The fraction of sp³-hybridized carbons (Fsp3) is 0.0667. The van der Waals surface area contributed by atoms with Gasteiger partial charge < -0.3 is 10.0 Å². The summed E-state index contributed by atoms with van der Waals surface area (Å²) in [6, 6.07) is 13.9. The molecule has 4 nitrogen and oxygen atoms in total. The lowest BCUT2D eigenvalue weighted by Gasteiger charge is -2.22. The molecule has 2 aromatic rings. The molecule has 0 aliphatic carbocycles. The number of rotatable bonds is 3. The Kier molecular flexibility index (Phi) is 3.92. The van der Waals surface area contributed by atoms with Crippen LogP contribution in [-0.4, -0.2) is 18.1 Å². The first-order chi connectivity index (χ1) is 9.56. The lowest BCUT2D eigenvalue weighted by atomic mass is 10.1. The van der Waals surface area contributed by atoms with Gasteiger partial charge in [0, 0.05) is 7.05 Å². The van der Waals surface area contributed by atoms with Crippen LogP contribution in [0.3, 0.4) is 0 Å². The van der Waals surface area contributed by atoms with E-state index in [0.717, 1.165) is 0 Å². The van der Waals surface area contributed by atoms with Gasteiger partial charge in [-0.1, -0.05) is 29.8 Å². The number of anilines is 2. The van der Waals surface area contributed by atoms with Gasteiger partial charge in [-0.05, 0) is 24.3 Å². The monoisotopic (exact) mass is 286 g/mol. The summed E-state index contributed by atoms with van der Waals surface area (Å²) in [5.74, 6) is -1.10. The van der Waals surface area contributed by atoms with Gasteiger partial charge in [-0.25, -0.2) is 4.79 Å². The number of aromatic carboxylic acids is 1. The Morgan fingerprint density at radius 2 is 1.85 bits per heavy atom. The molecule has 0 bridgehead atoms. The van der Waals surface area contributed by atoms with E-state index < -0.39 is 5.97 Å². The number of nitrogens with zero attached hydrogens (tertiary/aromatic N) is 2. The van der Waals surface area contributed by atoms with E-state index in [-0.39, 0.29) is 10.6 Å². The van der Waals surface area contributed by atoms with Crippen LogP contribution < -0.4 is 4.90 Å². The Labute approximate surface area is 121 Å². The number of carbonyl (C=O) groups is 1. The molecule has 5 heteroatoms. The van der Waals surface area contributed by atoms with Crippen LogP contribution in [0.25, 0.3) is 0 Å². The highest BCUT2D eigenvalue weighted by atomic mass is 35.5. The smallest absolute Gasteiger partial charge is 0.339 e. The van der Waals surface area contributed by atoms with Crippen molar-refractivity contribution in [2.75, 3.05) is 11.9 Å².